The van der Waals surface area contributed by atoms with Crippen LogP contribution in [-0.2, 0) is 4.79 Å². The average Bonchev–Trinajstić information content (AvgIpc) is 3.12. The van der Waals surface area contributed by atoms with Crippen molar-refractivity contribution in [3.8, 4) is 5.75 Å². The van der Waals surface area contributed by atoms with Gasteiger partial charge in [0.05, 0.1) is 5.92 Å². The summed E-state index contributed by atoms with van der Waals surface area (Å²) in [6.07, 6.45) is 1.97. The molecule has 2 atom stereocenters. The molecule has 2 N–H and O–H groups in total. The summed E-state index contributed by atoms with van der Waals surface area (Å²) >= 11 is 0. The molecule has 144 valence electrons. The molecule has 2 unspecified atom stereocenters. The van der Waals surface area contributed by atoms with Crippen molar-refractivity contribution in [1.82, 2.24) is 10.6 Å². The van der Waals surface area contributed by atoms with E-state index >= 15 is 0 Å². The van der Waals surface area contributed by atoms with Crippen LogP contribution in [0.4, 0.5) is 0 Å². The third kappa shape index (κ3) is 4.63. The van der Waals surface area contributed by atoms with E-state index in [2.05, 4.69) is 41.8 Å². The molecule has 27 heavy (non-hydrogen) atoms. The zero-order valence-corrected chi connectivity index (χ0v) is 16.4. The van der Waals surface area contributed by atoms with Crippen molar-refractivity contribution in [3.05, 3.63) is 65.7 Å². The van der Waals surface area contributed by atoms with Gasteiger partial charge in [0.2, 0.25) is 5.91 Å². The van der Waals surface area contributed by atoms with E-state index in [1.807, 2.05) is 30.3 Å². The summed E-state index contributed by atoms with van der Waals surface area (Å²) in [5.74, 6) is 1.35. The van der Waals surface area contributed by atoms with Gasteiger partial charge in [-0.3, -0.25) is 4.79 Å². The Morgan fingerprint density at radius 3 is 2.44 bits per heavy atom. The molecule has 4 nitrogen and oxygen atoms in total. The molecule has 2 aromatic carbocycles. The van der Waals surface area contributed by atoms with Crippen molar-refractivity contribution >= 4 is 18.3 Å². The minimum atomic E-state index is 0. The number of nitrogens with one attached hydrogen (secondary N) is 2. The number of hydrogen-bond donors (Lipinski definition) is 2. The highest BCUT2D eigenvalue weighted by atomic mass is 35.5. The molecular weight excluding hydrogens is 360 g/mol. The highest BCUT2D eigenvalue weighted by molar-refractivity contribution is 5.85. The van der Waals surface area contributed by atoms with Gasteiger partial charge in [-0.2, -0.15) is 0 Å². The van der Waals surface area contributed by atoms with Crippen LogP contribution in [0, 0.1) is 12.8 Å². The van der Waals surface area contributed by atoms with Crippen LogP contribution in [0.5, 0.6) is 5.75 Å². The minimum absolute atomic E-state index is 0. The van der Waals surface area contributed by atoms with Gasteiger partial charge in [0.15, 0.2) is 0 Å². The van der Waals surface area contributed by atoms with Gasteiger partial charge >= 0.3 is 0 Å². The van der Waals surface area contributed by atoms with Gasteiger partial charge in [0, 0.05) is 37.9 Å². The number of aryl methyl sites for hydroxylation is 1. The van der Waals surface area contributed by atoms with E-state index in [0.29, 0.717) is 0 Å². The van der Waals surface area contributed by atoms with Crippen LogP contribution < -0.4 is 15.4 Å². The first-order valence-electron chi connectivity index (χ1n) is 9.48. The Morgan fingerprint density at radius 1 is 1.04 bits per heavy atom. The first-order valence-corrected chi connectivity index (χ1v) is 9.48. The highest BCUT2D eigenvalue weighted by Crippen LogP contribution is 2.30. The lowest BCUT2D eigenvalue weighted by atomic mass is 9.85. The van der Waals surface area contributed by atoms with Gasteiger partial charge < -0.3 is 15.4 Å². The molecule has 0 spiro atoms. The van der Waals surface area contributed by atoms with E-state index < -0.39 is 0 Å². The molecule has 1 amide bonds. The molecule has 5 heteroatoms. The Hall–Kier alpha value is -2.04. The van der Waals surface area contributed by atoms with Crippen LogP contribution in [0.2, 0.25) is 0 Å². The number of hydrogen-bond acceptors (Lipinski definition) is 3. The van der Waals surface area contributed by atoms with Crippen LogP contribution in [-0.4, -0.2) is 31.1 Å². The van der Waals surface area contributed by atoms with Crippen molar-refractivity contribution in [3.63, 3.8) is 0 Å². The van der Waals surface area contributed by atoms with Crippen LogP contribution in [0.25, 0.3) is 0 Å². The lowest BCUT2D eigenvalue weighted by Gasteiger charge is -2.36. The van der Waals surface area contributed by atoms with E-state index in [4.69, 9.17) is 4.74 Å². The third-order valence-corrected chi connectivity index (χ3v) is 5.54. The smallest absolute Gasteiger partial charge is 0.225 e. The van der Waals surface area contributed by atoms with E-state index in [9.17, 15) is 4.79 Å². The summed E-state index contributed by atoms with van der Waals surface area (Å²) in [4.78, 5) is 12.7. The maximum atomic E-state index is 12.7. The van der Waals surface area contributed by atoms with Gasteiger partial charge in [0.1, 0.15) is 11.9 Å². The average molecular weight is 387 g/mol. The zero-order valence-electron chi connectivity index (χ0n) is 15.6. The maximum Gasteiger partial charge on any atom is 0.225 e. The van der Waals surface area contributed by atoms with Crippen molar-refractivity contribution in [2.24, 2.45) is 5.92 Å². The molecule has 1 saturated heterocycles. The molecule has 1 aliphatic heterocycles. The summed E-state index contributed by atoms with van der Waals surface area (Å²) in [5, 5.41) is 6.60. The standard InChI is InChI=1S/C22H26N2O2.ClH/c1-15-7-9-18(10-8-15)26-19-11-17(12-19)24-22(25)21-14-23-13-20(21)16-5-3-2-4-6-16;/h2-10,17,19-21,23H,11-14H2,1H3,(H,24,25);1H. The third-order valence-electron chi connectivity index (χ3n) is 5.54. The van der Waals surface area contributed by atoms with Gasteiger partial charge in [-0.15, -0.1) is 12.4 Å². The summed E-state index contributed by atoms with van der Waals surface area (Å²) in [6, 6.07) is 18.7. The molecule has 2 aliphatic rings. The predicted octanol–water partition coefficient (Wildman–Crippen LogP) is 3.45. The van der Waals surface area contributed by atoms with E-state index in [0.717, 1.165) is 31.7 Å². The summed E-state index contributed by atoms with van der Waals surface area (Å²) in [7, 11) is 0. The van der Waals surface area contributed by atoms with Gasteiger partial charge in [-0.25, -0.2) is 0 Å². The number of benzene rings is 2. The van der Waals surface area contributed by atoms with Crippen molar-refractivity contribution in [1.29, 1.82) is 0 Å². The topological polar surface area (TPSA) is 50.4 Å². The second-order valence-corrected chi connectivity index (χ2v) is 7.51. The van der Waals surface area contributed by atoms with E-state index in [1.165, 1.54) is 11.1 Å². The van der Waals surface area contributed by atoms with Crippen LogP contribution in [0.1, 0.15) is 29.9 Å². The molecule has 2 aromatic rings. The Balaban J connectivity index is 0.00000210. The number of amides is 1. The molecule has 1 heterocycles. The number of carbonyl (C=O) groups is 1. The Kier molecular flexibility index (Phi) is 6.40. The maximum absolute atomic E-state index is 12.7. The number of halogens is 1. The largest absolute Gasteiger partial charge is 0.490 e. The van der Waals surface area contributed by atoms with Crippen molar-refractivity contribution < 1.29 is 9.53 Å². The lowest BCUT2D eigenvalue weighted by Crippen LogP contribution is -2.51. The van der Waals surface area contributed by atoms with Crippen molar-refractivity contribution in [2.45, 2.75) is 37.8 Å². The zero-order chi connectivity index (χ0) is 17.9. The molecule has 0 radical (unpaired) electrons. The predicted molar refractivity (Wildman–Crippen MR) is 110 cm³/mol. The second kappa shape index (κ2) is 8.77. The van der Waals surface area contributed by atoms with Gasteiger partial charge in [-0.05, 0) is 24.6 Å². The molecule has 0 bridgehead atoms. The fourth-order valence-electron chi connectivity index (χ4n) is 3.90. The molecule has 0 aromatic heterocycles. The fourth-order valence-corrected chi connectivity index (χ4v) is 3.90. The molecule has 1 aliphatic carbocycles. The van der Waals surface area contributed by atoms with Crippen LogP contribution in [0.3, 0.4) is 0 Å². The summed E-state index contributed by atoms with van der Waals surface area (Å²) in [6.45, 7) is 3.69. The normalized spacial score (nSPS) is 26.6. The monoisotopic (exact) mass is 386 g/mol. The van der Waals surface area contributed by atoms with E-state index in [1.54, 1.807) is 0 Å². The van der Waals surface area contributed by atoms with Crippen molar-refractivity contribution in [2.75, 3.05) is 13.1 Å². The minimum Gasteiger partial charge on any atom is -0.490 e. The quantitative estimate of drug-likeness (QED) is 0.827. The van der Waals surface area contributed by atoms with Gasteiger partial charge in [-0.1, -0.05) is 48.0 Å². The summed E-state index contributed by atoms with van der Waals surface area (Å²) in [5.41, 5.74) is 2.47. The summed E-state index contributed by atoms with van der Waals surface area (Å²) < 4.78 is 5.97. The Labute approximate surface area is 167 Å². The molecule has 1 saturated carbocycles. The van der Waals surface area contributed by atoms with Crippen LogP contribution >= 0.6 is 12.4 Å². The molecular formula is C22H27ClN2O2. The van der Waals surface area contributed by atoms with Gasteiger partial charge in [0.25, 0.3) is 0 Å². The SMILES string of the molecule is Cc1ccc(OC2CC(NC(=O)C3CNCC3c3ccccc3)C2)cc1.Cl. The Morgan fingerprint density at radius 2 is 1.74 bits per heavy atom. The molecule has 2 fully saturated rings. The lowest BCUT2D eigenvalue weighted by molar-refractivity contribution is -0.126. The van der Waals surface area contributed by atoms with Crippen LogP contribution in [0.15, 0.2) is 54.6 Å². The first-order chi connectivity index (χ1) is 12.7. The first kappa shape index (κ1) is 19.7. The Bertz CT molecular complexity index is 745. The second-order valence-electron chi connectivity index (χ2n) is 7.51. The van der Waals surface area contributed by atoms with E-state index in [-0.39, 0.29) is 42.3 Å². The number of rotatable bonds is 5. The number of carbonyl (C=O) groups excluding carboxylic acids is 1. The fraction of sp³-hybridized carbons (Fsp3) is 0.409. The highest BCUT2D eigenvalue weighted by Gasteiger charge is 2.38. The molecule has 4 rings (SSSR count). The number of ether oxygens (including phenoxy) is 1.